The minimum Gasteiger partial charge on any atom is -0.368 e. The van der Waals surface area contributed by atoms with Crippen LogP contribution in [0.4, 0.5) is 0 Å². The number of carbonyl (C=O) groups is 2. The Morgan fingerprint density at radius 3 is 2.08 bits per heavy atom. The van der Waals surface area contributed by atoms with Crippen LogP contribution in [0.2, 0.25) is 0 Å². The van der Waals surface area contributed by atoms with Gasteiger partial charge in [-0.1, -0.05) is 0 Å². The van der Waals surface area contributed by atoms with Gasteiger partial charge in [-0.05, 0) is 20.8 Å². The lowest BCUT2D eigenvalue weighted by Crippen LogP contribution is -2.45. The molecule has 0 heterocycles. The molecule has 0 saturated heterocycles. The third-order valence-electron chi connectivity index (χ3n) is 1.57. The van der Waals surface area contributed by atoms with Gasteiger partial charge in [-0.15, -0.1) is 11.6 Å². The molecule has 0 aliphatic heterocycles. The number of carbonyl (C=O) groups excluding carboxylic acids is 2. The van der Waals surface area contributed by atoms with Crippen molar-refractivity contribution < 1.29 is 9.59 Å². The normalized spacial score (nSPS) is 12.7. The summed E-state index contributed by atoms with van der Waals surface area (Å²) in [4.78, 5) is 23.4. The summed E-state index contributed by atoms with van der Waals surface area (Å²) in [6, 6.07) is -0.0683. The lowest BCUT2D eigenvalue weighted by atomic mass is 10.2. The molecule has 13 heavy (non-hydrogen) atoms. The fraction of sp³-hybridized carbons (Fsp3) is 0.750. The quantitative estimate of drug-likeness (QED) is 0.674. The molecule has 0 aliphatic rings. The lowest BCUT2D eigenvalue weighted by Gasteiger charge is -2.26. The molecule has 0 fully saturated rings. The van der Waals surface area contributed by atoms with E-state index in [-0.39, 0.29) is 18.5 Å². The van der Waals surface area contributed by atoms with Crippen molar-refractivity contribution in [1.82, 2.24) is 4.90 Å². The average molecular weight is 207 g/mol. The van der Waals surface area contributed by atoms with Crippen LogP contribution < -0.4 is 5.73 Å². The second-order valence-electron chi connectivity index (χ2n) is 3.14. The van der Waals surface area contributed by atoms with Crippen LogP contribution in [-0.2, 0) is 9.59 Å². The van der Waals surface area contributed by atoms with Crippen LogP contribution in [0, 0.1) is 0 Å². The Kier molecular flexibility index (Phi) is 4.77. The van der Waals surface area contributed by atoms with Crippen molar-refractivity contribution in [2.24, 2.45) is 5.73 Å². The Morgan fingerprint density at radius 1 is 1.38 bits per heavy atom. The smallest absolute Gasteiger partial charge is 0.241 e. The molecule has 0 rings (SSSR count). The van der Waals surface area contributed by atoms with E-state index in [1.807, 2.05) is 0 Å². The van der Waals surface area contributed by atoms with Gasteiger partial charge in [0.2, 0.25) is 11.8 Å². The zero-order valence-electron chi connectivity index (χ0n) is 8.08. The zero-order chi connectivity index (χ0) is 10.6. The highest BCUT2D eigenvalue weighted by Crippen LogP contribution is 2.05. The number of hydrogen-bond donors (Lipinski definition) is 1. The van der Waals surface area contributed by atoms with E-state index in [9.17, 15) is 9.59 Å². The summed E-state index contributed by atoms with van der Waals surface area (Å²) < 4.78 is 0. The first-order valence-electron chi connectivity index (χ1n) is 4.09. The molecule has 1 unspecified atom stereocenters. The first-order valence-corrected chi connectivity index (χ1v) is 4.52. The standard InChI is InChI=1S/C8H15ClN2O2/c1-5(2)11(4-7(10)12)8(13)6(3)9/h5-6H,4H2,1-3H3,(H2,10,12). The summed E-state index contributed by atoms with van der Waals surface area (Å²) in [5.74, 6) is -0.796. The minimum absolute atomic E-state index is 0.0683. The number of halogens is 1. The predicted octanol–water partition coefficient (Wildman–Crippen LogP) is 0.336. The fourth-order valence-electron chi connectivity index (χ4n) is 0.911. The first kappa shape index (κ1) is 12.2. The Balaban J connectivity index is 4.42. The molecule has 0 aliphatic carbocycles. The van der Waals surface area contributed by atoms with Crippen LogP contribution in [0.1, 0.15) is 20.8 Å². The maximum atomic E-state index is 11.4. The monoisotopic (exact) mass is 206 g/mol. The van der Waals surface area contributed by atoms with Gasteiger partial charge in [0.1, 0.15) is 5.38 Å². The predicted molar refractivity (Wildman–Crippen MR) is 51.4 cm³/mol. The van der Waals surface area contributed by atoms with Crippen LogP contribution in [0.15, 0.2) is 0 Å². The second-order valence-corrected chi connectivity index (χ2v) is 3.80. The third kappa shape index (κ3) is 4.12. The van der Waals surface area contributed by atoms with Gasteiger partial charge in [0.15, 0.2) is 0 Å². The van der Waals surface area contributed by atoms with Crippen molar-refractivity contribution in [3.8, 4) is 0 Å². The summed E-state index contributed by atoms with van der Waals surface area (Å²) >= 11 is 5.61. The topological polar surface area (TPSA) is 63.4 Å². The van der Waals surface area contributed by atoms with Crippen LogP contribution in [0.25, 0.3) is 0 Å². The van der Waals surface area contributed by atoms with Crippen molar-refractivity contribution in [2.45, 2.75) is 32.2 Å². The first-order chi connectivity index (χ1) is 5.86. The second kappa shape index (κ2) is 5.07. The molecule has 0 radical (unpaired) electrons. The molecule has 4 nitrogen and oxygen atoms in total. The third-order valence-corrected chi connectivity index (χ3v) is 1.76. The highest BCUT2D eigenvalue weighted by atomic mass is 35.5. The van der Waals surface area contributed by atoms with Gasteiger partial charge < -0.3 is 10.6 Å². The van der Waals surface area contributed by atoms with Gasteiger partial charge in [0.05, 0.1) is 6.54 Å². The number of nitrogens with zero attached hydrogens (tertiary/aromatic N) is 1. The van der Waals surface area contributed by atoms with E-state index in [0.717, 1.165) is 0 Å². The van der Waals surface area contributed by atoms with E-state index < -0.39 is 11.3 Å². The lowest BCUT2D eigenvalue weighted by molar-refractivity contribution is -0.136. The number of rotatable bonds is 4. The molecule has 2 N–H and O–H groups in total. The molecule has 5 heteroatoms. The Labute approximate surface area is 83.0 Å². The molecule has 0 aromatic rings. The van der Waals surface area contributed by atoms with Crippen LogP contribution in [0.5, 0.6) is 0 Å². The van der Waals surface area contributed by atoms with Crippen molar-refractivity contribution in [1.29, 1.82) is 0 Å². The van der Waals surface area contributed by atoms with E-state index in [4.69, 9.17) is 17.3 Å². The SMILES string of the molecule is CC(Cl)C(=O)N(CC(N)=O)C(C)C. The van der Waals surface area contributed by atoms with Crippen molar-refractivity contribution >= 4 is 23.4 Å². The van der Waals surface area contributed by atoms with Crippen molar-refractivity contribution in [3.05, 3.63) is 0 Å². The van der Waals surface area contributed by atoms with E-state index in [2.05, 4.69) is 0 Å². The number of amides is 2. The minimum atomic E-state index is -0.623. The van der Waals surface area contributed by atoms with Crippen LogP contribution in [0.3, 0.4) is 0 Å². The number of hydrogen-bond acceptors (Lipinski definition) is 2. The highest BCUT2D eigenvalue weighted by molar-refractivity contribution is 6.30. The summed E-state index contributed by atoms with van der Waals surface area (Å²) in [7, 11) is 0. The molecule has 1 atom stereocenters. The Bertz CT molecular complexity index is 204. The molecular formula is C8H15ClN2O2. The van der Waals surface area contributed by atoms with E-state index in [1.165, 1.54) is 4.90 Å². The van der Waals surface area contributed by atoms with Gasteiger partial charge in [-0.3, -0.25) is 9.59 Å². The van der Waals surface area contributed by atoms with Gasteiger partial charge in [0, 0.05) is 6.04 Å². The highest BCUT2D eigenvalue weighted by Gasteiger charge is 2.22. The molecule has 0 spiro atoms. The summed E-state index contributed by atoms with van der Waals surface area (Å²) in [6.45, 7) is 5.11. The Hall–Kier alpha value is -0.770. The van der Waals surface area contributed by atoms with Crippen molar-refractivity contribution in [2.75, 3.05) is 6.54 Å². The Morgan fingerprint density at radius 2 is 1.85 bits per heavy atom. The van der Waals surface area contributed by atoms with E-state index in [0.29, 0.717) is 0 Å². The molecule has 0 saturated carbocycles. The van der Waals surface area contributed by atoms with E-state index >= 15 is 0 Å². The molecule has 76 valence electrons. The number of primary amides is 1. The maximum Gasteiger partial charge on any atom is 0.241 e. The van der Waals surface area contributed by atoms with Gasteiger partial charge in [-0.2, -0.15) is 0 Å². The zero-order valence-corrected chi connectivity index (χ0v) is 8.84. The van der Waals surface area contributed by atoms with Gasteiger partial charge >= 0.3 is 0 Å². The largest absolute Gasteiger partial charge is 0.368 e. The molecule has 2 amide bonds. The van der Waals surface area contributed by atoms with Crippen LogP contribution >= 0.6 is 11.6 Å². The summed E-state index contributed by atoms with van der Waals surface area (Å²) in [6.07, 6.45) is 0. The molecular weight excluding hydrogens is 192 g/mol. The van der Waals surface area contributed by atoms with Crippen molar-refractivity contribution in [3.63, 3.8) is 0 Å². The average Bonchev–Trinajstić information content (AvgIpc) is 1.97. The van der Waals surface area contributed by atoms with Crippen LogP contribution in [-0.4, -0.2) is 34.7 Å². The van der Waals surface area contributed by atoms with Gasteiger partial charge in [-0.25, -0.2) is 0 Å². The van der Waals surface area contributed by atoms with Gasteiger partial charge in [0.25, 0.3) is 0 Å². The molecule has 0 aromatic carbocycles. The maximum absolute atomic E-state index is 11.4. The molecule has 0 aromatic heterocycles. The fourth-order valence-corrected chi connectivity index (χ4v) is 1.04. The van der Waals surface area contributed by atoms with E-state index in [1.54, 1.807) is 20.8 Å². The summed E-state index contributed by atoms with van der Waals surface area (Å²) in [5, 5.41) is -0.623. The molecule has 0 bridgehead atoms. The summed E-state index contributed by atoms with van der Waals surface area (Å²) in [5.41, 5.74) is 4.99. The number of alkyl halides is 1. The number of nitrogens with two attached hydrogens (primary N) is 1.